The summed E-state index contributed by atoms with van der Waals surface area (Å²) in [4.78, 5) is 6.39. The number of aliphatic hydroxyl groups is 1. The summed E-state index contributed by atoms with van der Waals surface area (Å²) in [5.41, 5.74) is 1.18. The van der Waals surface area contributed by atoms with E-state index in [1.807, 2.05) is 18.2 Å². The highest BCUT2D eigenvalue weighted by Gasteiger charge is 2.25. The Morgan fingerprint density at radius 1 is 1.40 bits per heavy atom. The van der Waals surface area contributed by atoms with Gasteiger partial charge in [0.05, 0.1) is 6.54 Å². The minimum absolute atomic E-state index is 0.117. The monoisotopic (exact) mass is 203 g/mol. The first-order valence-electron chi connectivity index (χ1n) is 5.26. The Balaban J connectivity index is 2.18. The summed E-state index contributed by atoms with van der Waals surface area (Å²) >= 11 is 0. The van der Waals surface area contributed by atoms with Crippen LogP contribution in [0.3, 0.4) is 0 Å². The summed E-state index contributed by atoms with van der Waals surface area (Å²) in [5, 5.41) is 8.97. The fraction of sp³-hybridized carbons (Fsp3) is 0.417. The van der Waals surface area contributed by atoms with Crippen LogP contribution >= 0.6 is 0 Å². The van der Waals surface area contributed by atoms with Crippen molar-refractivity contribution in [3.63, 3.8) is 0 Å². The summed E-state index contributed by atoms with van der Waals surface area (Å²) in [5.74, 6) is 0. The van der Waals surface area contributed by atoms with Gasteiger partial charge in [0.2, 0.25) is 0 Å². The largest absolute Gasteiger partial charge is 0.396 e. The third-order valence-corrected chi connectivity index (χ3v) is 2.56. The predicted octanol–water partition coefficient (Wildman–Crippen LogP) is 1.59. The second-order valence-electron chi connectivity index (χ2n) is 3.57. The molecular formula is C12H15N2O+. The second-order valence-corrected chi connectivity index (χ2v) is 3.57. The molecule has 3 heteroatoms. The van der Waals surface area contributed by atoms with E-state index in [4.69, 9.17) is 5.11 Å². The van der Waals surface area contributed by atoms with Gasteiger partial charge in [-0.1, -0.05) is 23.0 Å². The van der Waals surface area contributed by atoms with Gasteiger partial charge >= 0.3 is 0 Å². The number of para-hydroxylation sites is 1. The van der Waals surface area contributed by atoms with Crippen LogP contribution in [0.25, 0.3) is 4.85 Å². The van der Waals surface area contributed by atoms with Crippen molar-refractivity contribution in [2.75, 3.05) is 24.6 Å². The lowest BCUT2D eigenvalue weighted by molar-refractivity contribution is 0.281. The van der Waals surface area contributed by atoms with Gasteiger partial charge in [-0.25, -0.2) is 0 Å². The van der Waals surface area contributed by atoms with Crippen LogP contribution in [0, 0.1) is 6.07 Å². The molecule has 1 atom stereocenters. The number of hydrogen-bond donors (Lipinski definition) is 1. The van der Waals surface area contributed by atoms with E-state index in [1.54, 1.807) is 0 Å². The molecule has 1 heterocycles. The fourth-order valence-electron chi connectivity index (χ4n) is 1.82. The van der Waals surface area contributed by atoms with Crippen LogP contribution in [0.1, 0.15) is 6.42 Å². The molecule has 1 aromatic rings. The van der Waals surface area contributed by atoms with E-state index in [1.165, 1.54) is 5.69 Å². The van der Waals surface area contributed by atoms with Gasteiger partial charge in [-0.05, 0) is 12.1 Å². The van der Waals surface area contributed by atoms with Gasteiger partial charge < -0.3 is 10.0 Å². The smallest absolute Gasteiger partial charge is 0.298 e. The molecular weight excluding hydrogens is 188 g/mol. The lowest BCUT2D eigenvalue weighted by Gasteiger charge is -2.26. The molecule has 0 amide bonds. The highest BCUT2D eigenvalue weighted by molar-refractivity contribution is 5.49. The summed E-state index contributed by atoms with van der Waals surface area (Å²) in [6, 6.07) is 13.4. The van der Waals surface area contributed by atoms with Crippen molar-refractivity contribution in [1.29, 1.82) is 0 Å². The lowest BCUT2D eigenvalue weighted by Crippen LogP contribution is -2.38. The first-order valence-corrected chi connectivity index (χ1v) is 5.26. The van der Waals surface area contributed by atoms with Gasteiger partial charge in [-0.2, -0.15) is 0 Å². The molecule has 1 aromatic carbocycles. The van der Waals surface area contributed by atoms with Crippen molar-refractivity contribution in [1.82, 2.24) is 0 Å². The molecule has 1 N–H and O–H groups in total. The van der Waals surface area contributed by atoms with E-state index in [9.17, 15) is 0 Å². The van der Waals surface area contributed by atoms with Gasteiger partial charge in [0, 0.05) is 18.7 Å². The van der Waals surface area contributed by atoms with Crippen molar-refractivity contribution in [3.05, 3.63) is 35.2 Å². The molecule has 0 bridgehead atoms. The van der Waals surface area contributed by atoms with E-state index >= 15 is 0 Å². The highest BCUT2D eigenvalue weighted by atomic mass is 16.3. The van der Waals surface area contributed by atoms with Crippen molar-refractivity contribution in [3.8, 4) is 6.07 Å². The molecule has 0 radical (unpaired) electrons. The second kappa shape index (κ2) is 4.81. The number of rotatable bonds is 3. The molecule has 0 saturated heterocycles. The quantitative estimate of drug-likeness (QED) is 0.808. The van der Waals surface area contributed by atoms with Crippen LogP contribution in [0.5, 0.6) is 0 Å². The Morgan fingerprint density at radius 2 is 2.20 bits per heavy atom. The van der Waals surface area contributed by atoms with Gasteiger partial charge in [0.15, 0.2) is 6.04 Å². The Bertz CT molecular complexity index is 366. The zero-order valence-electron chi connectivity index (χ0n) is 8.63. The highest BCUT2D eigenvalue weighted by Crippen LogP contribution is 2.19. The topological polar surface area (TPSA) is 27.8 Å². The zero-order chi connectivity index (χ0) is 10.5. The Morgan fingerprint density at radius 3 is 2.93 bits per heavy atom. The summed E-state index contributed by atoms with van der Waals surface area (Å²) in [7, 11) is 0. The minimum Gasteiger partial charge on any atom is -0.396 e. The fourth-order valence-corrected chi connectivity index (χ4v) is 1.82. The molecule has 0 aliphatic carbocycles. The van der Waals surface area contributed by atoms with E-state index in [0.29, 0.717) is 6.42 Å². The molecule has 78 valence electrons. The maximum Gasteiger partial charge on any atom is 0.298 e. The van der Waals surface area contributed by atoms with Crippen molar-refractivity contribution in [2.24, 2.45) is 0 Å². The van der Waals surface area contributed by atoms with E-state index in [0.717, 1.165) is 13.1 Å². The SMILES string of the molecule is OCCC1C#[N+]CCN1c1ccccc1. The Kier molecular flexibility index (Phi) is 3.21. The number of benzene rings is 1. The average molecular weight is 203 g/mol. The van der Waals surface area contributed by atoms with Crippen LogP contribution in [0.4, 0.5) is 5.69 Å². The average Bonchev–Trinajstić information content (AvgIpc) is 2.31. The third-order valence-electron chi connectivity index (χ3n) is 2.56. The maximum atomic E-state index is 8.97. The molecule has 1 aliphatic rings. The van der Waals surface area contributed by atoms with Gasteiger partial charge in [-0.3, -0.25) is 0 Å². The normalized spacial score (nSPS) is 19.5. The van der Waals surface area contributed by atoms with Gasteiger partial charge in [0.25, 0.3) is 12.6 Å². The summed E-state index contributed by atoms with van der Waals surface area (Å²) in [6.45, 7) is 1.87. The van der Waals surface area contributed by atoms with E-state index in [-0.39, 0.29) is 12.6 Å². The molecule has 2 rings (SSSR count). The predicted molar refractivity (Wildman–Crippen MR) is 61.4 cm³/mol. The van der Waals surface area contributed by atoms with Crippen molar-refractivity contribution in [2.45, 2.75) is 12.5 Å². The number of aliphatic hydroxyl groups excluding tert-OH is 1. The summed E-state index contributed by atoms with van der Waals surface area (Å²) in [6.07, 6.45) is 0.693. The van der Waals surface area contributed by atoms with Crippen LogP contribution in [-0.4, -0.2) is 30.8 Å². The number of anilines is 1. The molecule has 1 aliphatic heterocycles. The summed E-state index contributed by atoms with van der Waals surface area (Å²) < 4.78 is 0. The van der Waals surface area contributed by atoms with E-state index in [2.05, 4.69) is 27.9 Å². The Hall–Kier alpha value is -1.53. The molecule has 0 aromatic heterocycles. The molecule has 0 spiro atoms. The first kappa shape index (κ1) is 10.0. The van der Waals surface area contributed by atoms with Crippen LogP contribution in [0.2, 0.25) is 0 Å². The first-order chi connectivity index (χ1) is 7.42. The van der Waals surface area contributed by atoms with Crippen LogP contribution in [-0.2, 0) is 0 Å². The number of hydrogen-bond acceptors (Lipinski definition) is 2. The molecule has 0 fully saturated rings. The molecule has 3 nitrogen and oxygen atoms in total. The molecule has 1 unspecified atom stereocenters. The van der Waals surface area contributed by atoms with E-state index < -0.39 is 0 Å². The zero-order valence-corrected chi connectivity index (χ0v) is 8.63. The minimum atomic E-state index is 0.117. The molecule has 15 heavy (non-hydrogen) atoms. The lowest BCUT2D eigenvalue weighted by atomic mass is 10.1. The standard InChI is InChI=1S/C12H15N2O/c15-9-6-12-10-13-7-8-14(12)11-4-2-1-3-5-11/h1-5,12,15H,6-9H2/q+1. The van der Waals surface area contributed by atoms with Gasteiger partial charge in [0.1, 0.15) is 0 Å². The third kappa shape index (κ3) is 2.28. The van der Waals surface area contributed by atoms with Crippen LogP contribution < -0.4 is 4.90 Å². The molecule has 0 saturated carbocycles. The maximum absolute atomic E-state index is 8.97. The van der Waals surface area contributed by atoms with Gasteiger partial charge in [-0.15, -0.1) is 0 Å². The van der Waals surface area contributed by atoms with Crippen molar-refractivity contribution < 1.29 is 5.11 Å². The van der Waals surface area contributed by atoms with Crippen LogP contribution in [0.15, 0.2) is 30.3 Å². The Labute approximate surface area is 89.8 Å². The van der Waals surface area contributed by atoms with Crippen molar-refractivity contribution >= 4 is 5.69 Å². The number of nitrogens with zero attached hydrogens (tertiary/aromatic N) is 2.